The molecule has 0 bridgehead atoms. The van der Waals surface area contributed by atoms with E-state index >= 15 is 0 Å². The van der Waals surface area contributed by atoms with Crippen molar-refractivity contribution in [1.82, 2.24) is 0 Å². The maximum Gasteiger partial charge on any atom is 0.124 e. The molecule has 0 aliphatic heterocycles. The highest BCUT2D eigenvalue weighted by Gasteiger charge is 1.92. The summed E-state index contributed by atoms with van der Waals surface area (Å²) in [6, 6.07) is 0. The topological polar surface area (TPSA) is 46.2 Å². The number of halogens is 1. The summed E-state index contributed by atoms with van der Waals surface area (Å²) in [5.74, 6) is 0. The number of aliphatic hydroxyl groups is 1. The smallest absolute Gasteiger partial charge is 0.124 e. The molecule has 0 fully saturated rings. The zero-order valence-corrected chi connectivity index (χ0v) is 4.16. The van der Waals surface area contributed by atoms with E-state index in [1.807, 2.05) is 0 Å². The van der Waals surface area contributed by atoms with Crippen LogP contribution in [0.25, 0.3) is 0 Å². The molecule has 0 aliphatic carbocycles. The van der Waals surface area contributed by atoms with Crippen molar-refractivity contribution in [2.75, 3.05) is 12.8 Å². The molecule has 0 amide bonds. The summed E-state index contributed by atoms with van der Waals surface area (Å²) in [6.07, 6.45) is -0.780. The number of hydrogen-bond acceptors (Lipinski definition) is 2. The van der Waals surface area contributed by atoms with Crippen molar-refractivity contribution in [3.63, 3.8) is 0 Å². The predicted octanol–water partition coefficient (Wildman–Crippen LogP) is 0.219. The van der Waals surface area contributed by atoms with Crippen molar-refractivity contribution in [2.45, 2.75) is 0 Å². The molecule has 0 aromatic heterocycles. The molecule has 2 nitrogen and oxygen atoms in total. The number of aliphatic hydroxyl groups excluding tert-OH is 1. The van der Waals surface area contributed by atoms with Crippen molar-refractivity contribution in [3.05, 3.63) is 0 Å². The highest BCUT2D eigenvalue weighted by atomic mass is 31.1. The summed E-state index contributed by atoms with van der Waals surface area (Å²) < 4.78 is 11.1. The molecular formula is C2H7FNOP. The molecule has 3 N–H and O–H groups in total. The van der Waals surface area contributed by atoms with Gasteiger partial charge in [-0.25, -0.2) is 4.39 Å². The third kappa shape index (κ3) is 2.51. The molecule has 0 heterocycles. The van der Waals surface area contributed by atoms with Crippen LogP contribution in [0.5, 0.6) is 0 Å². The van der Waals surface area contributed by atoms with Crippen LogP contribution in [-0.4, -0.2) is 17.9 Å². The Morgan fingerprint density at radius 1 is 1.83 bits per heavy atom. The second kappa shape index (κ2) is 3.47. The van der Waals surface area contributed by atoms with Gasteiger partial charge in [0.1, 0.15) is 6.42 Å². The van der Waals surface area contributed by atoms with Gasteiger partial charge in [0.2, 0.25) is 0 Å². The fourth-order valence-corrected chi connectivity index (χ4v) is 0.113. The predicted molar refractivity (Wildman–Crippen MR) is 24.2 cm³/mol. The summed E-state index contributed by atoms with van der Waals surface area (Å²) in [4.78, 5) is 0. The molecule has 0 saturated heterocycles. The van der Waals surface area contributed by atoms with Crippen LogP contribution in [0.1, 0.15) is 0 Å². The molecular weight excluding hydrogens is 104 g/mol. The minimum Gasteiger partial charge on any atom is -0.390 e. The van der Waals surface area contributed by atoms with E-state index in [-0.39, 0.29) is 6.35 Å². The summed E-state index contributed by atoms with van der Waals surface area (Å²) in [6.45, 7) is 0. The number of rotatable bonds is 2. The van der Waals surface area contributed by atoms with E-state index in [4.69, 9.17) is 10.6 Å². The molecule has 0 aliphatic rings. The SMILES string of the molecule is NP(CO)CF. The molecule has 0 aromatic rings. The Bertz CT molecular complexity index is 32.7. The van der Waals surface area contributed by atoms with Gasteiger partial charge in [-0.1, -0.05) is 0 Å². The zero-order chi connectivity index (χ0) is 4.99. The van der Waals surface area contributed by atoms with Gasteiger partial charge in [0.05, 0.1) is 6.35 Å². The van der Waals surface area contributed by atoms with Crippen LogP contribution in [0, 0.1) is 0 Å². The molecule has 0 radical (unpaired) electrons. The van der Waals surface area contributed by atoms with Gasteiger partial charge in [-0.3, -0.25) is 0 Å². The van der Waals surface area contributed by atoms with Gasteiger partial charge in [-0.15, -0.1) is 0 Å². The Labute approximate surface area is 37.0 Å². The van der Waals surface area contributed by atoms with E-state index in [0.717, 1.165) is 0 Å². The summed E-state index contributed by atoms with van der Waals surface area (Å²) in [5.41, 5.74) is 4.91. The first kappa shape index (κ1) is 6.28. The number of hydrogen-bond donors (Lipinski definition) is 2. The van der Waals surface area contributed by atoms with Gasteiger partial charge < -0.3 is 10.6 Å². The minimum absolute atomic E-state index is 0.203. The van der Waals surface area contributed by atoms with E-state index in [2.05, 4.69) is 0 Å². The fourth-order valence-electron chi connectivity index (χ4n) is 0.0378. The maximum atomic E-state index is 11.1. The Morgan fingerprint density at radius 3 is 2.33 bits per heavy atom. The van der Waals surface area contributed by atoms with Gasteiger partial charge >= 0.3 is 0 Å². The molecule has 1 atom stereocenters. The molecule has 6 heavy (non-hydrogen) atoms. The Kier molecular flexibility index (Phi) is 3.63. The number of nitrogens with two attached hydrogens (primary N) is 1. The van der Waals surface area contributed by atoms with Crippen molar-refractivity contribution in [2.24, 2.45) is 5.50 Å². The van der Waals surface area contributed by atoms with Crippen LogP contribution in [0.2, 0.25) is 0 Å². The van der Waals surface area contributed by atoms with Gasteiger partial charge in [-0.05, 0) is 0 Å². The first-order chi connectivity index (χ1) is 2.81. The molecule has 38 valence electrons. The van der Waals surface area contributed by atoms with Crippen LogP contribution in [0.15, 0.2) is 0 Å². The fraction of sp³-hybridized carbons (Fsp3) is 1.00. The van der Waals surface area contributed by atoms with Crippen LogP contribution in [0.4, 0.5) is 4.39 Å². The van der Waals surface area contributed by atoms with Crippen molar-refractivity contribution >= 4 is 8.07 Å². The van der Waals surface area contributed by atoms with Crippen molar-refractivity contribution < 1.29 is 9.50 Å². The van der Waals surface area contributed by atoms with E-state index in [0.29, 0.717) is 0 Å². The van der Waals surface area contributed by atoms with E-state index in [9.17, 15) is 4.39 Å². The second-order valence-corrected chi connectivity index (χ2v) is 2.55. The summed E-state index contributed by atoms with van der Waals surface area (Å²) in [5, 5.41) is 8.00. The average Bonchev–Trinajstić information content (AvgIpc) is 1.65. The van der Waals surface area contributed by atoms with E-state index in [1.54, 1.807) is 0 Å². The molecule has 1 unspecified atom stereocenters. The summed E-state index contributed by atoms with van der Waals surface area (Å²) >= 11 is 0. The lowest BCUT2D eigenvalue weighted by molar-refractivity contribution is 0.367. The van der Waals surface area contributed by atoms with Crippen molar-refractivity contribution in [1.29, 1.82) is 0 Å². The monoisotopic (exact) mass is 111 g/mol. The van der Waals surface area contributed by atoms with Crippen LogP contribution in [0.3, 0.4) is 0 Å². The van der Waals surface area contributed by atoms with Crippen LogP contribution >= 0.6 is 8.07 Å². The molecule has 0 aromatic carbocycles. The summed E-state index contributed by atoms with van der Waals surface area (Å²) in [7, 11) is -1.19. The largest absolute Gasteiger partial charge is 0.390 e. The van der Waals surface area contributed by atoms with Crippen molar-refractivity contribution in [3.8, 4) is 0 Å². The molecule has 0 saturated carbocycles. The minimum atomic E-state index is -1.19. The molecule has 0 rings (SSSR count). The average molecular weight is 111 g/mol. The Balaban J connectivity index is 2.75. The first-order valence-corrected chi connectivity index (χ1v) is 3.26. The van der Waals surface area contributed by atoms with Gasteiger partial charge in [0.25, 0.3) is 0 Å². The van der Waals surface area contributed by atoms with E-state index < -0.39 is 14.5 Å². The van der Waals surface area contributed by atoms with Crippen LogP contribution in [-0.2, 0) is 0 Å². The van der Waals surface area contributed by atoms with Gasteiger partial charge in [0.15, 0.2) is 0 Å². The molecule has 0 spiro atoms. The standard InChI is InChI=1S/C2H7FNOP/c3-1-6(4)2-5/h5H,1-2,4H2. The Hall–Kier alpha value is 0.280. The highest BCUT2D eigenvalue weighted by molar-refractivity contribution is 7.54. The normalized spacial score (nSPS) is 14.5. The third-order valence-electron chi connectivity index (χ3n) is 0.335. The lowest BCUT2D eigenvalue weighted by Crippen LogP contribution is -1.92. The van der Waals surface area contributed by atoms with Gasteiger partial charge in [-0.2, -0.15) is 0 Å². The van der Waals surface area contributed by atoms with Gasteiger partial charge in [0, 0.05) is 8.07 Å². The lowest BCUT2D eigenvalue weighted by atomic mass is 11.7. The zero-order valence-electron chi connectivity index (χ0n) is 3.26. The van der Waals surface area contributed by atoms with Crippen LogP contribution < -0.4 is 5.50 Å². The first-order valence-electron chi connectivity index (χ1n) is 1.47. The molecule has 4 heteroatoms. The number of alkyl halides is 1. The third-order valence-corrected chi connectivity index (χ3v) is 1.01. The highest BCUT2D eigenvalue weighted by Crippen LogP contribution is 2.21. The van der Waals surface area contributed by atoms with E-state index in [1.165, 1.54) is 0 Å². The quantitative estimate of drug-likeness (QED) is 0.500. The second-order valence-electron chi connectivity index (χ2n) is 0.850. The Morgan fingerprint density at radius 2 is 2.33 bits per heavy atom. The maximum absolute atomic E-state index is 11.1. The lowest BCUT2D eigenvalue weighted by Gasteiger charge is -1.96.